The lowest BCUT2D eigenvalue weighted by Crippen LogP contribution is -2.50. The molecule has 158 valence electrons. The Morgan fingerprint density at radius 3 is 2.53 bits per heavy atom. The second-order valence-electron chi connectivity index (χ2n) is 7.65. The van der Waals surface area contributed by atoms with Crippen LogP contribution in [0.25, 0.3) is 0 Å². The molecule has 2 amide bonds. The summed E-state index contributed by atoms with van der Waals surface area (Å²) in [6, 6.07) is 12.2. The number of sulfonamides is 1. The van der Waals surface area contributed by atoms with E-state index >= 15 is 0 Å². The molecule has 8 nitrogen and oxygen atoms in total. The zero-order chi connectivity index (χ0) is 21.6. The van der Waals surface area contributed by atoms with Crippen LogP contribution in [0.2, 0.25) is 0 Å². The normalized spacial score (nSPS) is 17.8. The number of hydrogen-bond acceptors (Lipinski definition) is 5. The number of hydrogen-bond donors (Lipinski definition) is 0. The summed E-state index contributed by atoms with van der Waals surface area (Å²) >= 11 is 0. The second-order valence-corrected chi connectivity index (χ2v) is 9.56. The van der Waals surface area contributed by atoms with Gasteiger partial charge in [0.05, 0.1) is 24.2 Å². The van der Waals surface area contributed by atoms with Gasteiger partial charge < -0.3 is 14.5 Å². The van der Waals surface area contributed by atoms with Crippen molar-refractivity contribution in [3.8, 4) is 5.75 Å². The largest absolute Gasteiger partial charge is 0.476 e. The third-order valence-corrected chi connectivity index (χ3v) is 6.49. The standard InChI is InChI=1S/C21H23N3O5S/c1-22(2)21(26)19-13-23(17-6-4-5-7-18(17)29-19)20(25)15-8-9-16-14(12-15)10-11-24(16)30(3,27)28/h4-9,12,19H,10-11,13H2,1-3H3/t19-/m1/s1. The molecule has 2 aliphatic rings. The predicted octanol–water partition coefficient (Wildman–Crippen LogP) is 1.50. The summed E-state index contributed by atoms with van der Waals surface area (Å²) in [5, 5.41) is 0. The molecule has 2 aliphatic heterocycles. The van der Waals surface area contributed by atoms with E-state index in [4.69, 9.17) is 4.74 Å². The van der Waals surface area contributed by atoms with E-state index in [2.05, 4.69) is 0 Å². The van der Waals surface area contributed by atoms with Gasteiger partial charge in [0.25, 0.3) is 11.8 Å². The van der Waals surface area contributed by atoms with Crippen molar-refractivity contribution in [2.45, 2.75) is 12.5 Å². The number of carbonyl (C=O) groups excluding carboxylic acids is 2. The van der Waals surface area contributed by atoms with Crippen LogP contribution in [0, 0.1) is 0 Å². The zero-order valence-corrected chi connectivity index (χ0v) is 17.8. The Balaban J connectivity index is 1.68. The lowest BCUT2D eigenvalue weighted by molar-refractivity contribution is -0.135. The van der Waals surface area contributed by atoms with E-state index in [0.29, 0.717) is 35.7 Å². The summed E-state index contributed by atoms with van der Waals surface area (Å²) in [6.07, 6.45) is 0.924. The quantitative estimate of drug-likeness (QED) is 0.738. The molecule has 0 bridgehead atoms. The highest BCUT2D eigenvalue weighted by molar-refractivity contribution is 7.92. The minimum Gasteiger partial charge on any atom is -0.476 e. The fraction of sp³-hybridized carbons (Fsp3) is 0.333. The molecule has 0 N–H and O–H groups in total. The number of rotatable bonds is 3. The molecule has 0 saturated carbocycles. The lowest BCUT2D eigenvalue weighted by atomic mass is 10.1. The van der Waals surface area contributed by atoms with E-state index in [9.17, 15) is 18.0 Å². The van der Waals surface area contributed by atoms with Gasteiger partial charge in [0.2, 0.25) is 10.0 Å². The van der Waals surface area contributed by atoms with Crippen molar-refractivity contribution in [3.63, 3.8) is 0 Å². The van der Waals surface area contributed by atoms with Crippen molar-refractivity contribution in [3.05, 3.63) is 53.6 Å². The van der Waals surface area contributed by atoms with E-state index in [0.717, 1.165) is 5.56 Å². The van der Waals surface area contributed by atoms with Gasteiger partial charge in [-0.3, -0.25) is 13.9 Å². The maximum Gasteiger partial charge on any atom is 0.265 e. The van der Waals surface area contributed by atoms with Gasteiger partial charge in [-0.1, -0.05) is 12.1 Å². The van der Waals surface area contributed by atoms with Gasteiger partial charge in [0.1, 0.15) is 5.75 Å². The summed E-state index contributed by atoms with van der Waals surface area (Å²) in [7, 11) is -0.0647. The van der Waals surface area contributed by atoms with Gasteiger partial charge in [-0.25, -0.2) is 8.42 Å². The Kier molecular flexibility index (Phi) is 4.93. The topological polar surface area (TPSA) is 87.2 Å². The monoisotopic (exact) mass is 429 g/mol. The van der Waals surface area contributed by atoms with Crippen LogP contribution < -0.4 is 13.9 Å². The number of anilines is 2. The maximum absolute atomic E-state index is 13.4. The van der Waals surface area contributed by atoms with Crippen LogP contribution in [0.3, 0.4) is 0 Å². The van der Waals surface area contributed by atoms with Crippen LogP contribution in [0.4, 0.5) is 11.4 Å². The predicted molar refractivity (Wildman–Crippen MR) is 114 cm³/mol. The molecule has 2 heterocycles. The molecule has 0 fully saturated rings. The molecule has 2 aromatic rings. The zero-order valence-electron chi connectivity index (χ0n) is 17.0. The molecule has 4 rings (SSSR count). The SMILES string of the molecule is CN(C)C(=O)[C@H]1CN(C(=O)c2ccc3c(c2)CCN3S(C)(=O)=O)c2ccccc2O1. The Morgan fingerprint density at radius 2 is 1.83 bits per heavy atom. The molecular formula is C21H23N3O5S. The Bertz CT molecular complexity index is 1130. The number of benzene rings is 2. The molecule has 1 atom stereocenters. The molecule has 9 heteroatoms. The van der Waals surface area contributed by atoms with Crippen molar-refractivity contribution >= 4 is 33.2 Å². The molecule has 0 aromatic heterocycles. The van der Waals surface area contributed by atoms with Crippen molar-refractivity contribution in [1.29, 1.82) is 0 Å². The Labute approximate surface area is 175 Å². The first-order valence-corrected chi connectivity index (χ1v) is 11.4. The third-order valence-electron chi connectivity index (χ3n) is 5.31. The summed E-state index contributed by atoms with van der Waals surface area (Å²) in [5.41, 5.74) is 2.46. The smallest absolute Gasteiger partial charge is 0.265 e. The molecule has 0 aliphatic carbocycles. The number of likely N-dealkylation sites (N-methyl/N-ethyl adjacent to an activating group) is 1. The highest BCUT2D eigenvalue weighted by atomic mass is 32.2. The van der Waals surface area contributed by atoms with Crippen LogP contribution in [0.15, 0.2) is 42.5 Å². The van der Waals surface area contributed by atoms with E-state index in [1.54, 1.807) is 55.4 Å². The number of amides is 2. The molecule has 0 saturated heterocycles. The van der Waals surface area contributed by atoms with Crippen LogP contribution in [0.1, 0.15) is 15.9 Å². The lowest BCUT2D eigenvalue weighted by Gasteiger charge is -2.35. The van der Waals surface area contributed by atoms with Crippen LogP contribution >= 0.6 is 0 Å². The molecule has 0 unspecified atom stereocenters. The minimum absolute atomic E-state index is 0.0966. The fourth-order valence-electron chi connectivity index (χ4n) is 3.85. The molecule has 30 heavy (non-hydrogen) atoms. The Hall–Kier alpha value is -3.07. The number of carbonyl (C=O) groups is 2. The van der Waals surface area contributed by atoms with Crippen molar-refractivity contribution in [2.24, 2.45) is 0 Å². The molecule has 2 aromatic carbocycles. The van der Waals surface area contributed by atoms with E-state index < -0.39 is 16.1 Å². The van der Waals surface area contributed by atoms with Crippen LogP contribution in [0.5, 0.6) is 5.75 Å². The summed E-state index contributed by atoms with van der Waals surface area (Å²) in [4.78, 5) is 28.9. The van der Waals surface area contributed by atoms with Gasteiger partial charge >= 0.3 is 0 Å². The minimum atomic E-state index is -3.36. The summed E-state index contributed by atoms with van der Waals surface area (Å²) in [6.45, 7) is 0.463. The summed E-state index contributed by atoms with van der Waals surface area (Å²) in [5.74, 6) is -0.00956. The van der Waals surface area contributed by atoms with E-state index in [1.807, 2.05) is 6.07 Å². The highest BCUT2D eigenvalue weighted by Gasteiger charge is 2.35. The molecular weight excluding hydrogens is 406 g/mol. The van der Waals surface area contributed by atoms with Crippen molar-refractivity contribution in [2.75, 3.05) is 42.6 Å². The third kappa shape index (κ3) is 3.49. The molecule has 0 radical (unpaired) electrons. The van der Waals surface area contributed by atoms with E-state index in [-0.39, 0.29) is 18.4 Å². The number of fused-ring (bicyclic) bond motifs is 2. The first-order chi connectivity index (χ1) is 14.2. The first-order valence-electron chi connectivity index (χ1n) is 9.56. The van der Waals surface area contributed by atoms with Gasteiger partial charge in [-0.15, -0.1) is 0 Å². The van der Waals surface area contributed by atoms with Crippen molar-refractivity contribution < 1.29 is 22.7 Å². The number of ether oxygens (including phenoxy) is 1. The Morgan fingerprint density at radius 1 is 1.10 bits per heavy atom. The maximum atomic E-state index is 13.4. The molecule has 0 spiro atoms. The van der Waals surface area contributed by atoms with Crippen LogP contribution in [-0.2, 0) is 21.2 Å². The summed E-state index contributed by atoms with van der Waals surface area (Å²) < 4.78 is 31.1. The van der Waals surface area contributed by atoms with Gasteiger partial charge in [0.15, 0.2) is 6.10 Å². The van der Waals surface area contributed by atoms with Crippen molar-refractivity contribution in [1.82, 2.24) is 4.90 Å². The average Bonchev–Trinajstić information content (AvgIpc) is 3.15. The fourth-order valence-corrected chi connectivity index (χ4v) is 4.81. The average molecular weight is 429 g/mol. The van der Waals surface area contributed by atoms with Gasteiger partial charge in [-0.2, -0.15) is 0 Å². The van der Waals surface area contributed by atoms with E-state index in [1.165, 1.54) is 15.5 Å². The second kappa shape index (κ2) is 7.32. The number of nitrogens with zero attached hydrogens (tertiary/aromatic N) is 3. The first kappa shape index (κ1) is 20.2. The van der Waals surface area contributed by atoms with Crippen LogP contribution in [-0.4, -0.2) is 64.7 Å². The highest BCUT2D eigenvalue weighted by Crippen LogP contribution is 2.36. The number of para-hydroxylation sites is 2. The van der Waals surface area contributed by atoms with Gasteiger partial charge in [-0.05, 0) is 42.3 Å². The van der Waals surface area contributed by atoms with Gasteiger partial charge in [0, 0.05) is 26.2 Å².